The van der Waals surface area contributed by atoms with Crippen molar-refractivity contribution in [3.05, 3.63) is 0 Å². The number of carbonyl (C=O) groups is 1. The minimum absolute atomic E-state index is 0.292. The van der Waals surface area contributed by atoms with Crippen LogP contribution >= 0.6 is 0 Å². The van der Waals surface area contributed by atoms with Crippen molar-refractivity contribution in [3.8, 4) is 0 Å². The van der Waals surface area contributed by atoms with Gasteiger partial charge in [-0.3, -0.25) is 9.59 Å². The van der Waals surface area contributed by atoms with E-state index >= 15 is 0 Å². The van der Waals surface area contributed by atoms with E-state index < -0.39 is 5.97 Å². The topological polar surface area (TPSA) is 54.4 Å². The summed E-state index contributed by atoms with van der Waals surface area (Å²) in [4.78, 5) is 20.0. The van der Waals surface area contributed by atoms with Crippen molar-refractivity contribution >= 4 is 12.3 Å². The molecule has 0 aliphatic heterocycles. The van der Waals surface area contributed by atoms with Crippen LogP contribution in [0.15, 0.2) is 0 Å². The summed E-state index contributed by atoms with van der Waals surface area (Å²) in [6, 6.07) is 0. The van der Waals surface area contributed by atoms with Crippen molar-refractivity contribution in [2.45, 2.75) is 57.8 Å². The lowest BCUT2D eigenvalue weighted by Gasteiger charge is -1.99. The van der Waals surface area contributed by atoms with E-state index in [1.54, 1.807) is 0 Å². The average Bonchev–Trinajstić information content (AvgIpc) is 2.15. The number of carboxylic acids is 1. The Morgan fingerprint density at radius 3 is 1.93 bits per heavy atom. The van der Waals surface area contributed by atoms with Gasteiger partial charge in [-0.25, -0.2) is 0 Å². The third-order valence-corrected chi connectivity index (χ3v) is 2.17. The fourth-order valence-electron chi connectivity index (χ4n) is 1.36. The second-order valence-corrected chi connectivity index (χ2v) is 3.51. The second kappa shape index (κ2) is 10.2. The van der Waals surface area contributed by atoms with Crippen molar-refractivity contribution in [2.75, 3.05) is 0 Å². The molecule has 0 saturated carbocycles. The number of carboxylic acid groups (broad SMARTS) is 1. The quantitative estimate of drug-likeness (QED) is 0.550. The molecule has 14 heavy (non-hydrogen) atoms. The molecule has 0 amide bonds. The number of rotatable bonds is 10. The molecule has 3 heteroatoms. The van der Waals surface area contributed by atoms with Crippen LogP contribution < -0.4 is 0 Å². The van der Waals surface area contributed by atoms with Gasteiger partial charge in [-0.15, -0.1) is 0 Å². The molecule has 0 rings (SSSR count). The highest BCUT2D eigenvalue weighted by atomic mass is 16.4. The highest BCUT2D eigenvalue weighted by molar-refractivity contribution is 5.66. The normalized spacial score (nSPS) is 10.0. The molecule has 0 aliphatic rings. The summed E-state index contributed by atoms with van der Waals surface area (Å²) in [5, 5.41) is 8.38. The van der Waals surface area contributed by atoms with Crippen molar-refractivity contribution in [3.63, 3.8) is 0 Å². The zero-order valence-electron chi connectivity index (χ0n) is 8.63. The Bertz CT molecular complexity index is 155. The molecule has 0 aromatic rings. The van der Waals surface area contributed by atoms with Gasteiger partial charge in [-0.05, 0) is 12.8 Å². The number of aliphatic carboxylic acids is 1. The Labute approximate surface area is 85.5 Å². The molecular weight excluding hydrogens is 180 g/mol. The molecule has 0 aliphatic carbocycles. The lowest BCUT2D eigenvalue weighted by molar-refractivity contribution is -0.137. The third-order valence-electron chi connectivity index (χ3n) is 2.17. The van der Waals surface area contributed by atoms with E-state index in [1.807, 2.05) is 6.29 Å². The summed E-state index contributed by atoms with van der Waals surface area (Å²) < 4.78 is 0. The summed E-state index contributed by atoms with van der Waals surface area (Å²) in [7, 11) is 0. The van der Waals surface area contributed by atoms with Crippen LogP contribution in [-0.2, 0) is 9.59 Å². The van der Waals surface area contributed by atoms with Crippen LogP contribution in [0.3, 0.4) is 0 Å². The van der Waals surface area contributed by atoms with Gasteiger partial charge in [0.15, 0.2) is 6.29 Å². The highest BCUT2D eigenvalue weighted by Crippen LogP contribution is 2.08. The lowest BCUT2D eigenvalue weighted by atomic mass is 10.1. The molecule has 0 bridgehead atoms. The number of hydrogen-bond acceptors (Lipinski definition) is 2. The van der Waals surface area contributed by atoms with Gasteiger partial charge in [-0.1, -0.05) is 32.1 Å². The monoisotopic (exact) mass is 199 g/mol. The molecule has 0 spiro atoms. The van der Waals surface area contributed by atoms with Crippen molar-refractivity contribution in [1.29, 1.82) is 0 Å². The Morgan fingerprint density at radius 2 is 1.43 bits per heavy atom. The predicted octanol–water partition coefficient (Wildman–Crippen LogP) is 2.69. The smallest absolute Gasteiger partial charge is 0.303 e. The van der Waals surface area contributed by atoms with E-state index in [2.05, 4.69) is 0 Å². The molecule has 0 fully saturated rings. The maximum atomic E-state index is 10.2. The van der Waals surface area contributed by atoms with E-state index in [0.29, 0.717) is 12.8 Å². The van der Waals surface area contributed by atoms with E-state index in [9.17, 15) is 9.59 Å². The number of hydrogen-bond donors (Lipinski definition) is 1. The van der Waals surface area contributed by atoms with Crippen LogP contribution in [0, 0.1) is 0 Å². The van der Waals surface area contributed by atoms with Gasteiger partial charge in [0.05, 0.1) is 0 Å². The van der Waals surface area contributed by atoms with Gasteiger partial charge in [0, 0.05) is 12.8 Å². The van der Waals surface area contributed by atoms with E-state index in [-0.39, 0.29) is 0 Å². The molecule has 0 unspecified atom stereocenters. The van der Waals surface area contributed by atoms with Crippen molar-refractivity contribution in [2.24, 2.45) is 0 Å². The van der Waals surface area contributed by atoms with Crippen molar-refractivity contribution < 1.29 is 14.7 Å². The summed E-state index contributed by atoms with van der Waals surface area (Å²) in [5.41, 5.74) is 0. The first-order valence-electron chi connectivity index (χ1n) is 5.34. The first-order valence-corrected chi connectivity index (χ1v) is 5.34. The molecule has 0 aromatic heterocycles. The Balaban J connectivity index is 2.92. The minimum atomic E-state index is -0.702. The molecule has 0 saturated heterocycles. The van der Waals surface area contributed by atoms with Gasteiger partial charge in [-0.2, -0.15) is 0 Å². The van der Waals surface area contributed by atoms with Gasteiger partial charge in [0.1, 0.15) is 0 Å². The molecule has 0 aromatic carbocycles. The summed E-state index contributed by atoms with van der Waals surface area (Å²) >= 11 is 0. The first-order chi connectivity index (χ1) is 6.77. The second-order valence-electron chi connectivity index (χ2n) is 3.51. The summed E-state index contributed by atoms with van der Waals surface area (Å²) in [6.45, 7) is 0. The fraction of sp³-hybridized carbons (Fsp3) is 0.818. The van der Waals surface area contributed by atoms with Crippen molar-refractivity contribution in [1.82, 2.24) is 0 Å². The maximum Gasteiger partial charge on any atom is 0.303 e. The van der Waals surface area contributed by atoms with Crippen LogP contribution in [0.2, 0.25) is 0 Å². The lowest BCUT2D eigenvalue weighted by Crippen LogP contribution is -1.93. The first kappa shape index (κ1) is 13.1. The third kappa shape index (κ3) is 11.1. The zero-order chi connectivity index (χ0) is 10.6. The predicted molar refractivity (Wildman–Crippen MR) is 54.9 cm³/mol. The number of unbranched alkanes of at least 4 members (excludes halogenated alkanes) is 7. The zero-order valence-corrected chi connectivity index (χ0v) is 8.63. The molecule has 81 valence electrons. The van der Waals surface area contributed by atoms with E-state index in [1.165, 1.54) is 0 Å². The average molecular weight is 199 g/mol. The van der Waals surface area contributed by atoms with Crippen LogP contribution in [0.1, 0.15) is 57.8 Å². The largest absolute Gasteiger partial charge is 0.481 e. The van der Waals surface area contributed by atoms with Gasteiger partial charge < -0.3 is 5.11 Å². The molecule has 3 nitrogen and oxygen atoms in total. The summed E-state index contributed by atoms with van der Waals surface area (Å²) in [6.07, 6.45) is 9.96. The number of carbonyl (C=O) groups excluding carboxylic acids is 1. The van der Waals surface area contributed by atoms with Crippen LogP contribution in [0.5, 0.6) is 0 Å². The molecular formula is C11H19O3. The fourth-order valence-corrected chi connectivity index (χ4v) is 1.36. The van der Waals surface area contributed by atoms with Gasteiger partial charge in [0.25, 0.3) is 0 Å². The Kier molecular flexibility index (Phi) is 9.59. The van der Waals surface area contributed by atoms with Crippen LogP contribution in [0.25, 0.3) is 0 Å². The van der Waals surface area contributed by atoms with Gasteiger partial charge in [0.2, 0.25) is 0 Å². The molecule has 1 N–H and O–H groups in total. The standard InChI is InChI=1S/C11H19O3/c12-10-8-6-4-2-1-3-5-7-9-11(13)14/h1-9H2,(H,13,14). The molecule has 1 radical (unpaired) electrons. The van der Waals surface area contributed by atoms with Gasteiger partial charge >= 0.3 is 5.97 Å². The van der Waals surface area contributed by atoms with Crippen LogP contribution in [-0.4, -0.2) is 17.4 Å². The Morgan fingerprint density at radius 1 is 0.929 bits per heavy atom. The molecule has 0 heterocycles. The SMILES string of the molecule is O=[C]CCCCCCCCCC(=O)O. The van der Waals surface area contributed by atoms with Crippen LogP contribution in [0.4, 0.5) is 0 Å². The minimum Gasteiger partial charge on any atom is -0.481 e. The maximum absolute atomic E-state index is 10.2. The molecule has 0 atom stereocenters. The summed E-state index contributed by atoms with van der Waals surface area (Å²) in [5.74, 6) is -0.702. The van der Waals surface area contributed by atoms with E-state index in [0.717, 1.165) is 44.9 Å². The highest BCUT2D eigenvalue weighted by Gasteiger charge is 1.96. The van der Waals surface area contributed by atoms with E-state index in [4.69, 9.17) is 5.11 Å². The Hall–Kier alpha value is -0.860.